The predicted octanol–water partition coefficient (Wildman–Crippen LogP) is 2.62. The number of aromatic nitrogens is 3. The van der Waals surface area contributed by atoms with Gasteiger partial charge in [-0.3, -0.25) is 4.79 Å². The molecule has 1 aromatic heterocycles. The lowest BCUT2D eigenvalue weighted by Crippen LogP contribution is -2.40. The average Bonchev–Trinajstić information content (AvgIpc) is 3.26. The largest absolute Gasteiger partial charge is 0.352 e. The summed E-state index contributed by atoms with van der Waals surface area (Å²) in [5.41, 5.74) is 0. The maximum atomic E-state index is 12.3. The molecular formula is C15H24N4OS. The first-order valence-electron chi connectivity index (χ1n) is 8.01. The minimum absolute atomic E-state index is 0.123. The summed E-state index contributed by atoms with van der Waals surface area (Å²) < 4.78 is 2.05. The van der Waals surface area contributed by atoms with Crippen LogP contribution in [0.3, 0.4) is 0 Å². The monoisotopic (exact) mass is 308 g/mol. The number of carbonyl (C=O) groups excluding carboxylic acids is 1. The van der Waals surface area contributed by atoms with Gasteiger partial charge in [0.05, 0.1) is 5.25 Å². The van der Waals surface area contributed by atoms with Gasteiger partial charge in [-0.15, -0.1) is 10.2 Å². The number of thioether (sulfide) groups is 1. The van der Waals surface area contributed by atoms with Gasteiger partial charge in [-0.1, -0.05) is 31.0 Å². The summed E-state index contributed by atoms with van der Waals surface area (Å²) in [6.45, 7) is 1.95. The summed E-state index contributed by atoms with van der Waals surface area (Å²) in [6.07, 6.45) is 8.46. The zero-order chi connectivity index (χ0) is 14.8. The lowest BCUT2D eigenvalue weighted by Gasteiger charge is -2.24. The molecule has 1 amide bonds. The first kappa shape index (κ1) is 14.9. The normalized spacial score (nSPS) is 21.2. The Hall–Kier alpha value is -1.04. The number of hydrogen-bond acceptors (Lipinski definition) is 4. The molecule has 2 fully saturated rings. The Kier molecular flexibility index (Phi) is 4.52. The van der Waals surface area contributed by atoms with Crippen molar-refractivity contribution in [3.05, 3.63) is 5.82 Å². The topological polar surface area (TPSA) is 59.8 Å². The van der Waals surface area contributed by atoms with Gasteiger partial charge in [0.1, 0.15) is 5.82 Å². The second-order valence-corrected chi connectivity index (χ2v) is 7.59. The third-order valence-corrected chi connectivity index (χ3v) is 5.55. The maximum Gasteiger partial charge on any atom is 0.233 e. The Morgan fingerprint density at radius 3 is 2.62 bits per heavy atom. The van der Waals surface area contributed by atoms with Gasteiger partial charge in [0.15, 0.2) is 5.16 Å². The van der Waals surface area contributed by atoms with Gasteiger partial charge in [0, 0.05) is 19.0 Å². The average molecular weight is 308 g/mol. The van der Waals surface area contributed by atoms with Crippen molar-refractivity contribution in [3.63, 3.8) is 0 Å². The first-order valence-corrected chi connectivity index (χ1v) is 8.89. The highest BCUT2D eigenvalue weighted by Crippen LogP contribution is 2.39. The van der Waals surface area contributed by atoms with E-state index in [1.165, 1.54) is 43.9 Å². The van der Waals surface area contributed by atoms with Crippen LogP contribution in [0.4, 0.5) is 0 Å². The van der Waals surface area contributed by atoms with Crippen molar-refractivity contribution >= 4 is 17.7 Å². The molecule has 5 nitrogen and oxygen atoms in total. The highest BCUT2D eigenvalue weighted by Gasteiger charge is 2.30. The minimum Gasteiger partial charge on any atom is -0.352 e. The fraction of sp³-hybridized carbons (Fsp3) is 0.800. The molecule has 116 valence electrons. The summed E-state index contributed by atoms with van der Waals surface area (Å²) >= 11 is 1.51. The molecule has 6 heteroatoms. The van der Waals surface area contributed by atoms with E-state index in [1.54, 1.807) is 0 Å². The number of carbonyl (C=O) groups is 1. The van der Waals surface area contributed by atoms with Crippen LogP contribution in [0.25, 0.3) is 0 Å². The number of amides is 1. The molecule has 2 aliphatic rings. The molecule has 0 bridgehead atoms. The molecule has 0 saturated heterocycles. The van der Waals surface area contributed by atoms with E-state index in [-0.39, 0.29) is 11.2 Å². The molecule has 0 radical (unpaired) electrons. The van der Waals surface area contributed by atoms with Gasteiger partial charge in [-0.25, -0.2) is 0 Å². The SMILES string of the molecule is C[C@@H](Sc1nnc(C2CC2)n1C)C(=O)NC1CCCCC1. The Morgan fingerprint density at radius 1 is 1.24 bits per heavy atom. The maximum absolute atomic E-state index is 12.3. The molecule has 0 unspecified atom stereocenters. The van der Waals surface area contributed by atoms with Crippen LogP contribution in [0.2, 0.25) is 0 Å². The quantitative estimate of drug-likeness (QED) is 0.850. The number of nitrogens with zero attached hydrogens (tertiary/aromatic N) is 3. The van der Waals surface area contributed by atoms with Gasteiger partial charge in [-0.2, -0.15) is 0 Å². The Labute approximate surface area is 130 Å². The Morgan fingerprint density at radius 2 is 1.95 bits per heavy atom. The summed E-state index contributed by atoms with van der Waals surface area (Å²) in [6, 6.07) is 0.371. The molecule has 1 N–H and O–H groups in total. The fourth-order valence-corrected chi connectivity index (χ4v) is 3.73. The summed E-state index contributed by atoms with van der Waals surface area (Å²) in [4.78, 5) is 12.3. The van der Waals surface area contributed by atoms with Gasteiger partial charge >= 0.3 is 0 Å². The van der Waals surface area contributed by atoms with Gasteiger partial charge in [-0.05, 0) is 32.6 Å². The van der Waals surface area contributed by atoms with Crippen LogP contribution in [0.1, 0.15) is 63.6 Å². The van der Waals surface area contributed by atoms with E-state index < -0.39 is 0 Å². The highest BCUT2D eigenvalue weighted by molar-refractivity contribution is 8.00. The smallest absolute Gasteiger partial charge is 0.233 e. The van der Waals surface area contributed by atoms with E-state index >= 15 is 0 Å². The number of nitrogens with one attached hydrogen (secondary N) is 1. The Balaban J connectivity index is 1.55. The van der Waals surface area contributed by atoms with Crippen LogP contribution in [0.5, 0.6) is 0 Å². The van der Waals surface area contributed by atoms with Crippen molar-refractivity contribution in [2.45, 2.75) is 74.2 Å². The molecule has 21 heavy (non-hydrogen) atoms. The minimum atomic E-state index is -0.123. The molecule has 0 aromatic carbocycles. The zero-order valence-corrected chi connectivity index (χ0v) is 13.7. The van der Waals surface area contributed by atoms with E-state index in [2.05, 4.69) is 15.5 Å². The second kappa shape index (κ2) is 6.38. The van der Waals surface area contributed by atoms with Crippen molar-refractivity contribution in [1.82, 2.24) is 20.1 Å². The number of rotatable bonds is 5. The standard InChI is InChI=1S/C15H24N4OS/c1-10(14(20)16-12-6-4-3-5-7-12)21-15-18-17-13(19(15)2)11-8-9-11/h10-12H,3-9H2,1-2H3,(H,16,20)/t10-/m1/s1. The first-order chi connectivity index (χ1) is 10.1. The molecule has 3 rings (SSSR count). The van der Waals surface area contributed by atoms with Crippen LogP contribution in [0.15, 0.2) is 5.16 Å². The van der Waals surface area contributed by atoms with Crippen LogP contribution >= 0.6 is 11.8 Å². The van der Waals surface area contributed by atoms with Crippen LogP contribution in [-0.2, 0) is 11.8 Å². The molecular weight excluding hydrogens is 284 g/mol. The molecule has 1 aromatic rings. The lowest BCUT2D eigenvalue weighted by molar-refractivity contribution is -0.121. The summed E-state index contributed by atoms with van der Waals surface area (Å²) in [7, 11) is 2.00. The van der Waals surface area contributed by atoms with E-state index in [9.17, 15) is 4.79 Å². The fourth-order valence-electron chi connectivity index (χ4n) is 2.90. The molecule has 0 aliphatic heterocycles. The van der Waals surface area contributed by atoms with Crippen molar-refractivity contribution < 1.29 is 4.79 Å². The van der Waals surface area contributed by atoms with E-state index in [0.29, 0.717) is 12.0 Å². The van der Waals surface area contributed by atoms with Gasteiger partial charge in [0.2, 0.25) is 5.91 Å². The molecule has 0 spiro atoms. The molecule has 2 aliphatic carbocycles. The van der Waals surface area contributed by atoms with Crippen LogP contribution in [-0.4, -0.2) is 32.0 Å². The third kappa shape index (κ3) is 3.59. The van der Waals surface area contributed by atoms with Crippen LogP contribution in [0, 0.1) is 0 Å². The molecule has 1 atom stereocenters. The molecule has 1 heterocycles. The zero-order valence-electron chi connectivity index (χ0n) is 12.8. The van der Waals surface area contributed by atoms with Gasteiger partial charge in [0.25, 0.3) is 0 Å². The predicted molar refractivity (Wildman–Crippen MR) is 83.3 cm³/mol. The van der Waals surface area contributed by atoms with Crippen molar-refractivity contribution in [2.24, 2.45) is 7.05 Å². The van der Waals surface area contributed by atoms with Crippen molar-refractivity contribution in [1.29, 1.82) is 0 Å². The van der Waals surface area contributed by atoms with Crippen molar-refractivity contribution in [2.75, 3.05) is 0 Å². The highest BCUT2D eigenvalue weighted by atomic mass is 32.2. The molecule has 2 saturated carbocycles. The second-order valence-electron chi connectivity index (χ2n) is 6.28. The number of hydrogen-bond donors (Lipinski definition) is 1. The Bertz CT molecular complexity index is 506. The van der Waals surface area contributed by atoms with E-state index in [0.717, 1.165) is 23.8 Å². The third-order valence-electron chi connectivity index (χ3n) is 4.41. The summed E-state index contributed by atoms with van der Waals surface area (Å²) in [5.74, 6) is 1.78. The van der Waals surface area contributed by atoms with Gasteiger partial charge < -0.3 is 9.88 Å². The van der Waals surface area contributed by atoms with Crippen LogP contribution < -0.4 is 5.32 Å². The van der Waals surface area contributed by atoms with E-state index in [1.807, 2.05) is 18.5 Å². The lowest BCUT2D eigenvalue weighted by atomic mass is 9.95. The van der Waals surface area contributed by atoms with Crippen molar-refractivity contribution in [3.8, 4) is 0 Å². The summed E-state index contributed by atoms with van der Waals surface area (Å²) in [5, 5.41) is 12.4. The van der Waals surface area contributed by atoms with E-state index in [4.69, 9.17) is 0 Å².